The van der Waals surface area contributed by atoms with Gasteiger partial charge in [-0.25, -0.2) is 23.1 Å². The van der Waals surface area contributed by atoms with Gasteiger partial charge in [-0.1, -0.05) is 18.2 Å². The number of hydrogen-bond donors (Lipinski definition) is 2. The van der Waals surface area contributed by atoms with Gasteiger partial charge in [0.15, 0.2) is 0 Å². The molecule has 0 aliphatic rings. The zero-order valence-electron chi connectivity index (χ0n) is 17.4. The molecule has 1 atom stereocenters. The van der Waals surface area contributed by atoms with Gasteiger partial charge in [-0.2, -0.15) is 0 Å². The maximum absolute atomic E-state index is 14.6. The number of nitrogens with one attached hydrogen (secondary N) is 1. The lowest BCUT2D eigenvalue weighted by molar-refractivity contribution is 0.0758. The third-order valence-corrected chi connectivity index (χ3v) is 4.90. The minimum atomic E-state index is -2.90. The van der Waals surface area contributed by atoms with Crippen LogP contribution in [0.5, 0.6) is 5.75 Å². The van der Waals surface area contributed by atoms with Crippen LogP contribution in [0.3, 0.4) is 0 Å². The summed E-state index contributed by atoms with van der Waals surface area (Å²) in [5.74, 6) is 0.381. The number of fused-ring (bicyclic) bond motifs is 1. The van der Waals surface area contributed by atoms with E-state index in [4.69, 9.17) is 4.74 Å². The van der Waals surface area contributed by atoms with Crippen molar-refractivity contribution in [3.63, 3.8) is 0 Å². The molecule has 0 spiro atoms. The average Bonchev–Trinajstić information content (AvgIpc) is 2.66. The second-order valence-corrected chi connectivity index (χ2v) is 7.67. The molecule has 0 saturated carbocycles. The third kappa shape index (κ3) is 4.18. The van der Waals surface area contributed by atoms with E-state index in [1.54, 1.807) is 39.8 Å². The summed E-state index contributed by atoms with van der Waals surface area (Å²) < 4.78 is 46.1. The summed E-state index contributed by atoms with van der Waals surface area (Å²) in [4.78, 5) is 8.84. The highest BCUT2D eigenvalue weighted by Gasteiger charge is 2.24. The van der Waals surface area contributed by atoms with Crippen LogP contribution >= 0.6 is 0 Å². The molecule has 0 saturated heterocycles. The highest BCUT2D eigenvalue weighted by molar-refractivity contribution is 5.91. The Morgan fingerprint density at radius 2 is 1.80 bits per heavy atom. The Kier molecular flexibility index (Phi) is 5.90. The van der Waals surface area contributed by atoms with E-state index in [-0.39, 0.29) is 5.56 Å². The van der Waals surface area contributed by atoms with Gasteiger partial charge in [0.2, 0.25) is 0 Å². The first-order chi connectivity index (χ1) is 14.0. The quantitative estimate of drug-likeness (QED) is 0.558. The predicted molar refractivity (Wildman–Crippen MR) is 109 cm³/mol. The zero-order valence-corrected chi connectivity index (χ0v) is 17.4. The lowest BCUT2D eigenvalue weighted by Gasteiger charge is -2.23. The van der Waals surface area contributed by atoms with Crippen LogP contribution in [0.15, 0.2) is 30.3 Å². The lowest BCUT2D eigenvalue weighted by atomic mass is 9.95. The molecule has 0 aliphatic carbocycles. The number of alkyl halides is 2. The number of ether oxygens (including phenoxy) is 1. The van der Waals surface area contributed by atoms with Gasteiger partial charge in [-0.3, -0.25) is 0 Å². The fraction of sp³-hybridized carbons (Fsp3) is 0.364. The SMILES string of the molecule is COc1cc2c(N[C@H](C)c3cccc(C(F)F)c3F)nc(C)nc2cc1C(C)(C)O. The highest BCUT2D eigenvalue weighted by atomic mass is 19.3. The van der Waals surface area contributed by atoms with Crippen molar-refractivity contribution in [3.8, 4) is 5.75 Å². The van der Waals surface area contributed by atoms with E-state index in [9.17, 15) is 18.3 Å². The van der Waals surface area contributed by atoms with Crippen LogP contribution < -0.4 is 10.1 Å². The summed E-state index contributed by atoms with van der Waals surface area (Å²) in [6.45, 7) is 6.66. The molecule has 160 valence electrons. The van der Waals surface area contributed by atoms with E-state index in [0.717, 1.165) is 6.07 Å². The molecule has 8 heteroatoms. The summed E-state index contributed by atoms with van der Waals surface area (Å²) in [7, 11) is 1.49. The van der Waals surface area contributed by atoms with Crippen LogP contribution in [0.25, 0.3) is 10.9 Å². The monoisotopic (exact) mass is 419 g/mol. The largest absolute Gasteiger partial charge is 0.496 e. The van der Waals surface area contributed by atoms with Gasteiger partial charge >= 0.3 is 0 Å². The summed E-state index contributed by atoms with van der Waals surface area (Å²) >= 11 is 0. The minimum absolute atomic E-state index is 0.109. The molecule has 3 rings (SSSR count). The van der Waals surface area contributed by atoms with Crippen LogP contribution in [0.1, 0.15) is 55.8 Å². The zero-order chi connectivity index (χ0) is 22.2. The number of aromatic nitrogens is 2. The number of nitrogens with zero attached hydrogens (tertiary/aromatic N) is 2. The van der Waals surface area contributed by atoms with Gasteiger partial charge < -0.3 is 15.2 Å². The first-order valence-corrected chi connectivity index (χ1v) is 9.45. The molecule has 2 N–H and O–H groups in total. The Morgan fingerprint density at radius 1 is 1.13 bits per heavy atom. The van der Waals surface area contributed by atoms with Crippen LogP contribution in [0, 0.1) is 12.7 Å². The predicted octanol–water partition coefficient (Wildman–Crippen LogP) is 5.42. The van der Waals surface area contributed by atoms with Crippen molar-refractivity contribution < 1.29 is 23.0 Å². The Hall–Kier alpha value is -2.87. The summed E-state index contributed by atoms with van der Waals surface area (Å²) in [5.41, 5.74) is -0.557. The summed E-state index contributed by atoms with van der Waals surface area (Å²) in [6, 6.07) is 6.71. The number of rotatable bonds is 6. The average molecular weight is 419 g/mol. The molecule has 0 bridgehead atoms. The maximum atomic E-state index is 14.6. The van der Waals surface area contributed by atoms with Crippen LogP contribution in [0.2, 0.25) is 0 Å². The minimum Gasteiger partial charge on any atom is -0.496 e. The fourth-order valence-electron chi connectivity index (χ4n) is 3.38. The molecule has 5 nitrogen and oxygen atoms in total. The molecule has 1 aromatic heterocycles. The second kappa shape index (κ2) is 8.10. The molecule has 0 amide bonds. The number of halogens is 3. The maximum Gasteiger partial charge on any atom is 0.266 e. The van der Waals surface area contributed by atoms with E-state index in [1.165, 1.54) is 19.2 Å². The van der Waals surface area contributed by atoms with E-state index < -0.39 is 29.4 Å². The third-order valence-electron chi connectivity index (χ3n) is 4.90. The Labute approximate surface area is 172 Å². The Bertz CT molecular complexity index is 1080. The van der Waals surface area contributed by atoms with Gasteiger partial charge in [0.05, 0.1) is 29.8 Å². The normalized spacial score (nSPS) is 13.0. The van der Waals surface area contributed by atoms with E-state index >= 15 is 0 Å². The van der Waals surface area contributed by atoms with Gasteiger partial charge in [0.25, 0.3) is 6.43 Å². The smallest absolute Gasteiger partial charge is 0.266 e. The van der Waals surface area contributed by atoms with Crippen LogP contribution in [0.4, 0.5) is 19.0 Å². The molecular formula is C22H24F3N3O2. The van der Waals surface area contributed by atoms with Crippen molar-refractivity contribution in [2.75, 3.05) is 12.4 Å². The van der Waals surface area contributed by atoms with Crippen molar-refractivity contribution in [1.82, 2.24) is 9.97 Å². The molecule has 1 heterocycles. The van der Waals surface area contributed by atoms with Crippen molar-refractivity contribution in [2.24, 2.45) is 0 Å². The Balaban J connectivity index is 2.09. The van der Waals surface area contributed by atoms with Crippen molar-refractivity contribution in [1.29, 1.82) is 0 Å². The fourth-order valence-corrected chi connectivity index (χ4v) is 3.38. The van der Waals surface area contributed by atoms with E-state index in [0.29, 0.717) is 33.9 Å². The molecular weight excluding hydrogens is 395 g/mol. The standard InChI is InChI=1S/C22H24F3N3O2/c1-11(13-7-6-8-14(19(13)23)20(24)25)26-21-15-9-18(30-5)16(22(3,4)29)10-17(15)27-12(2)28-21/h6-11,20,29H,1-5H3,(H,26,27,28)/t11-/m1/s1. The van der Waals surface area contributed by atoms with Gasteiger partial charge in [-0.15, -0.1) is 0 Å². The summed E-state index contributed by atoms with van der Waals surface area (Å²) in [5, 5.41) is 14.2. The molecule has 30 heavy (non-hydrogen) atoms. The molecule has 0 radical (unpaired) electrons. The van der Waals surface area contributed by atoms with E-state index in [1.807, 2.05) is 0 Å². The van der Waals surface area contributed by atoms with Gasteiger partial charge in [0, 0.05) is 16.5 Å². The number of benzene rings is 2. The van der Waals surface area contributed by atoms with E-state index in [2.05, 4.69) is 15.3 Å². The topological polar surface area (TPSA) is 67.3 Å². The van der Waals surface area contributed by atoms with Crippen molar-refractivity contribution in [2.45, 2.75) is 45.8 Å². The second-order valence-electron chi connectivity index (χ2n) is 7.67. The van der Waals surface area contributed by atoms with Crippen LogP contribution in [-0.2, 0) is 5.60 Å². The number of aliphatic hydroxyl groups is 1. The molecule has 0 fully saturated rings. The van der Waals surface area contributed by atoms with Gasteiger partial charge in [0.1, 0.15) is 23.2 Å². The molecule has 0 aliphatic heterocycles. The number of methoxy groups -OCH3 is 1. The molecule has 0 unspecified atom stereocenters. The first kappa shape index (κ1) is 21.8. The Morgan fingerprint density at radius 3 is 2.40 bits per heavy atom. The highest BCUT2D eigenvalue weighted by Crippen LogP contribution is 2.36. The van der Waals surface area contributed by atoms with Crippen molar-refractivity contribution in [3.05, 3.63) is 58.7 Å². The lowest BCUT2D eigenvalue weighted by Crippen LogP contribution is -2.17. The number of hydrogen-bond acceptors (Lipinski definition) is 5. The number of anilines is 1. The van der Waals surface area contributed by atoms with Crippen LogP contribution in [-0.4, -0.2) is 22.2 Å². The van der Waals surface area contributed by atoms with Crippen molar-refractivity contribution >= 4 is 16.7 Å². The first-order valence-electron chi connectivity index (χ1n) is 9.45. The molecule has 2 aromatic carbocycles. The summed E-state index contributed by atoms with van der Waals surface area (Å²) in [6.07, 6.45) is -2.90. The number of aryl methyl sites for hydroxylation is 1. The van der Waals surface area contributed by atoms with Gasteiger partial charge in [-0.05, 0) is 39.8 Å². The molecule has 3 aromatic rings.